The molecule has 0 aromatic heterocycles. The monoisotopic (exact) mass is 162 g/mol. The highest BCUT2D eigenvalue weighted by atomic mass is 35.5. The third-order valence-corrected chi connectivity index (χ3v) is 2.24. The Bertz CT molecular complexity index is 134. The van der Waals surface area contributed by atoms with Gasteiger partial charge in [0.2, 0.25) is 0 Å². The van der Waals surface area contributed by atoms with Crippen LogP contribution in [0.2, 0.25) is 19.6 Å². The Morgan fingerprint density at radius 3 is 2.00 bits per heavy atom. The first kappa shape index (κ1) is 8.92. The minimum atomic E-state index is -1.27. The van der Waals surface area contributed by atoms with Gasteiger partial charge in [0, 0.05) is 0 Å². The van der Waals surface area contributed by atoms with Crippen molar-refractivity contribution in [3.63, 3.8) is 0 Å². The SMILES string of the molecule is C[Si](C)(C)/C=C(/Cl)C=O. The Morgan fingerprint density at radius 1 is 1.44 bits per heavy atom. The first-order chi connectivity index (χ1) is 3.95. The van der Waals surface area contributed by atoms with Crippen LogP contribution in [0.25, 0.3) is 0 Å². The molecule has 0 fully saturated rings. The minimum Gasteiger partial charge on any atom is -0.297 e. The predicted octanol–water partition coefficient (Wildman–Crippen LogP) is 2.19. The maximum Gasteiger partial charge on any atom is 0.160 e. The van der Waals surface area contributed by atoms with E-state index in [2.05, 4.69) is 19.6 Å². The molecule has 52 valence electrons. The van der Waals surface area contributed by atoms with Crippen LogP contribution in [0.1, 0.15) is 0 Å². The summed E-state index contributed by atoms with van der Waals surface area (Å²) in [5.74, 6) is 0. The van der Waals surface area contributed by atoms with Crippen molar-refractivity contribution in [2.24, 2.45) is 0 Å². The van der Waals surface area contributed by atoms with Gasteiger partial charge < -0.3 is 0 Å². The number of carbonyl (C=O) groups is 1. The van der Waals surface area contributed by atoms with Crippen molar-refractivity contribution in [2.75, 3.05) is 0 Å². The van der Waals surface area contributed by atoms with Crippen LogP contribution in [-0.4, -0.2) is 14.4 Å². The first-order valence-corrected chi connectivity index (χ1v) is 6.75. The zero-order chi connectivity index (χ0) is 7.49. The van der Waals surface area contributed by atoms with Crippen molar-refractivity contribution in [3.05, 3.63) is 10.7 Å². The van der Waals surface area contributed by atoms with Crippen LogP contribution in [0.3, 0.4) is 0 Å². The van der Waals surface area contributed by atoms with E-state index in [1.807, 2.05) is 5.70 Å². The molecule has 0 aliphatic rings. The Balaban J connectivity index is 4.11. The van der Waals surface area contributed by atoms with E-state index in [1.54, 1.807) is 0 Å². The van der Waals surface area contributed by atoms with Gasteiger partial charge in [-0.15, -0.1) is 0 Å². The molecule has 0 amide bonds. The molecule has 0 N–H and O–H groups in total. The van der Waals surface area contributed by atoms with Gasteiger partial charge in [-0.1, -0.05) is 36.9 Å². The van der Waals surface area contributed by atoms with Gasteiger partial charge in [-0.2, -0.15) is 0 Å². The maximum atomic E-state index is 10.0. The second-order valence-corrected chi connectivity index (χ2v) is 8.47. The quantitative estimate of drug-likeness (QED) is 0.346. The van der Waals surface area contributed by atoms with Gasteiger partial charge in [-0.3, -0.25) is 4.79 Å². The van der Waals surface area contributed by atoms with Crippen molar-refractivity contribution < 1.29 is 4.79 Å². The number of aldehydes is 1. The molecule has 0 unspecified atom stereocenters. The van der Waals surface area contributed by atoms with Crippen LogP contribution < -0.4 is 0 Å². The van der Waals surface area contributed by atoms with E-state index in [4.69, 9.17) is 11.6 Å². The molecule has 0 radical (unpaired) electrons. The summed E-state index contributed by atoms with van der Waals surface area (Å²) in [6, 6.07) is 0. The van der Waals surface area contributed by atoms with Crippen LogP contribution in [0, 0.1) is 0 Å². The van der Waals surface area contributed by atoms with Crippen LogP contribution in [-0.2, 0) is 4.79 Å². The van der Waals surface area contributed by atoms with E-state index in [0.717, 1.165) is 0 Å². The summed E-state index contributed by atoms with van der Waals surface area (Å²) >= 11 is 5.48. The van der Waals surface area contributed by atoms with E-state index < -0.39 is 8.07 Å². The molecule has 0 aromatic carbocycles. The van der Waals surface area contributed by atoms with Gasteiger partial charge in [0.1, 0.15) is 0 Å². The summed E-state index contributed by atoms with van der Waals surface area (Å²) in [5, 5.41) is 0.342. The van der Waals surface area contributed by atoms with Crippen molar-refractivity contribution in [3.8, 4) is 0 Å². The van der Waals surface area contributed by atoms with Gasteiger partial charge in [0.15, 0.2) is 6.29 Å². The zero-order valence-corrected chi connectivity index (χ0v) is 7.70. The Kier molecular flexibility index (Phi) is 3.15. The summed E-state index contributed by atoms with van der Waals surface area (Å²) < 4.78 is 0. The summed E-state index contributed by atoms with van der Waals surface area (Å²) in [6.45, 7) is 6.37. The molecule has 0 rings (SSSR count). The summed E-state index contributed by atoms with van der Waals surface area (Å²) in [6.07, 6.45) is 0.680. The lowest BCUT2D eigenvalue weighted by atomic mass is 10.7. The second kappa shape index (κ2) is 3.18. The lowest BCUT2D eigenvalue weighted by molar-refractivity contribution is -0.104. The molecule has 0 saturated heterocycles. The number of hydrogen-bond donors (Lipinski definition) is 0. The van der Waals surface area contributed by atoms with E-state index in [-0.39, 0.29) is 0 Å². The minimum absolute atomic E-state index is 0.342. The number of hydrogen-bond acceptors (Lipinski definition) is 1. The Morgan fingerprint density at radius 2 is 1.89 bits per heavy atom. The van der Waals surface area contributed by atoms with Crippen molar-refractivity contribution in [2.45, 2.75) is 19.6 Å². The fourth-order valence-electron chi connectivity index (χ4n) is 0.448. The zero-order valence-electron chi connectivity index (χ0n) is 5.94. The van der Waals surface area contributed by atoms with Crippen molar-refractivity contribution >= 4 is 26.0 Å². The summed E-state index contributed by atoms with van der Waals surface area (Å²) in [7, 11) is -1.27. The molecule has 0 bridgehead atoms. The first-order valence-electron chi connectivity index (χ1n) is 2.79. The Labute approximate surface area is 61.7 Å². The van der Waals surface area contributed by atoms with E-state index in [9.17, 15) is 4.79 Å². The smallest absolute Gasteiger partial charge is 0.160 e. The summed E-state index contributed by atoms with van der Waals surface area (Å²) in [5.41, 5.74) is 1.86. The molecule has 9 heavy (non-hydrogen) atoms. The van der Waals surface area contributed by atoms with Crippen molar-refractivity contribution in [1.29, 1.82) is 0 Å². The topological polar surface area (TPSA) is 17.1 Å². The average molecular weight is 163 g/mol. The average Bonchev–Trinajstić information content (AvgIpc) is 1.62. The second-order valence-electron chi connectivity index (χ2n) is 3.01. The van der Waals surface area contributed by atoms with E-state index >= 15 is 0 Å². The molecule has 0 aromatic rings. The molecule has 0 atom stereocenters. The normalized spacial score (nSPS) is 13.6. The third-order valence-electron chi connectivity index (χ3n) is 0.683. The molecule has 0 aliphatic carbocycles. The van der Waals surface area contributed by atoms with Crippen LogP contribution in [0.15, 0.2) is 10.7 Å². The molecule has 3 heteroatoms. The number of rotatable bonds is 2. The number of allylic oxidation sites excluding steroid dienone is 1. The molecule has 1 nitrogen and oxygen atoms in total. The maximum absolute atomic E-state index is 10.0. The van der Waals surface area contributed by atoms with Crippen LogP contribution in [0.5, 0.6) is 0 Å². The highest BCUT2D eigenvalue weighted by Crippen LogP contribution is 2.07. The van der Waals surface area contributed by atoms with Gasteiger partial charge in [0.05, 0.1) is 13.1 Å². The lowest BCUT2D eigenvalue weighted by Gasteiger charge is -2.07. The largest absolute Gasteiger partial charge is 0.297 e. The van der Waals surface area contributed by atoms with E-state index in [0.29, 0.717) is 11.3 Å². The van der Waals surface area contributed by atoms with Gasteiger partial charge in [0.25, 0.3) is 0 Å². The molecule has 0 heterocycles. The van der Waals surface area contributed by atoms with Crippen LogP contribution >= 0.6 is 11.6 Å². The van der Waals surface area contributed by atoms with Gasteiger partial charge >= 0.3 is 0 Å². The molecular formula is C6H11ClOSi. The molecular weight excluding hydrogens is 152 g/mol. The molecule has 0 spiro atoms. The van der Waals surface area contributed by atoms with E-state index in [1.165, 1.54) is 0 Å². The predicted molar refractivity (Wildman–Crippen MR) is 43.3 cm³/mol. The fraction of sp³-hybridized carbons (Fsp3) is 0.500. The molecule has 0 saturated carbocycles. The van der Waals surface area contributed by atoms with Gasteiger partial charge in [-0.25, -0.2) is 0 Å². The highest BCUT2D eigenvalue weighted by Gasteiger charge is 2.08. The lowest BCUT2D eigenvalue weighted by Crippen LogP contribution is -2.16. The number of carbonyl (C=O) groups excluding carboxylic acids is 1. The highest BCUT2D eigenvalue weighted by molar-refractivity contribution is 6.82. The fourth-order valence-corrected chi connectivity index (χ4v) is 2.33. The summed E-state index contributed by atoms with van der Waals surface area (Å²) in [4.78, 5) is 10.0. The third kappa shape index (κ3) is 5.79. The Hall–Kier alpha value is -0.0831. The standard InChI is InChI=1S/C6H11ClOSi/c1-9(2,3)5-6(7)4-8/h4-5H,1-3H3/b6-5+. The number of halogens is 1. The molecule has 0 aliphatic heterocycles. The van der Waals surface area contributed by atoms with Crippen molar-refractivity contribution in [1.82, 2.24) is 0 Å². The van der Waals surface area contributed by atoms with Gasteiger partial charge in [-0.05, 0) is 0 Å². The van der Waals surface area contributed by atoms with Crippen LogP contribution in [0.4, 0.5) is 0 Å².